The lowest BCUT2D eigenvalue weighted by Gasteiger charge is -2.26. The topological polar surface area (TPSA) is 53.9 Å². The molecule has 1 amide bonds. The Morgan fingerprint density at radius 1 is 1.17 bits per heavy atom. The number of carbonyl (C=O) groups is 1. The van der Waals surface area contributed by atoms with Gasteiger partial charge in [0.05, 0.1) is 5.69 Å². The molecule has 1 unspecified atom stereocenters. The summed E-state index contributed by atoms with van der Waals surface area (Å²) < 4.78 is 5.60. The van der Waals surface area contributed by atoms with E-state index in [-0.39, 0.29) is 6.10 Å². The number of ether oxygens (including phenoxy) is 1. The van der Waals surface area contributed by atoms with Gasteiger partial charge in [0.15, 0.2) is 6.10 Å². The summed E-state index contributed by atoms with van der Waals surface area (Å²) in [6.45, 7) is 2.16. The molecule has 1 saturated heterocycles. The van der Waals surface area contributed by atoms with Gasteiger partial charge in [-0.25, -0.2) is 9.79 Å². The van der Waals surface area contributed by atoms with Gasteiger partial charge in [0, 0.05) is 26.1 Å². The van der Waals surface area contributed by atoms with Gasteiger partial charge >= 0.3 is 6.09 Å². The molecule has 1 atom stereocenters. The predicted octanol–water partition coefficient (Wildman–Crippen LogP) is 3.23. The van der Waals surface area contributed by atoms with Gasteiger partial charge in [0.1, 0.15) is 5.84 Å². The summed E-state index contributed by atoms with van der Waals surface area (Å²) in [5.74, 6) is 0.864. The standard InChI is InChI=1S/C19H19N3O2/c23-19(20-12-14-6-2-1-3-7-14)24-17-10-11-22-13-15-8-4-5-9-16(15)21-18(17)22/h1-9,17H,10-13H2,(H,20,23). The maximum Gasteiger partial charge on any atom is 0.408 e. The molecule has 5 heteroatoms. The van der Waals surface area contributed by atoms with Crippen molar-refractivity contribution in [3.8, 4) is 0 Å². The van der Waals surface area contributed by atoms with Crippen LogP contribution in [0.2, 0.25) is 0 Å². The van der Waals surface area contributed by atoms with Crippen molar-refractivity contribution in [3.05, 3.63) is 65.7 Å². The van der Waals surface area contributed by atoms with E-state index in [2.05, 4.69) is 16.3 Å². The molecule has 0 radical (unpaired) electrons. The zero-order valence-electron chi connectivity index (χ0n) is 13.3. The van der Waals surface area contributed by atoms with Crippen LogP contribution in [0.25, 0.3) is 0 Å². The lowest BCUT2D eigenvalue weighted by molar-refractivity contribution is 0.127. The normalized spacial score (nSPS) is 18.4. The van der Waals surface area contributed by atoms with E-state index in [0.717, 1.165) is 36.6 Å². The number of nitrogens with zero attached hydrogens (tertiary/aromatic N) is 2. The van der Waals surface area contributed by atoms with Gasteiger partial charge in [-0.15, -0.1) is 0 Å². The summed E-state index contributed by atoms with van der Waals surface area (Å²) in [5.41, 5.74) is 3.24. The molecule has 0 aromatic heterocycles. The Balaban J connectivity index is 1.40. The van der Waals surface area contributed by atoms with Crippen LogP contribution in [-0.4, -0.2) is 29.5 Å². The summed E-state index contributed by atoms with van der Waals surface area (Å²) in [6.07, 6.45) is 0.118. The number of aliphatic imine (C=N–C) groups is 1. The Kier molecular flexibility index (Phi) is 3.91. The Bertz CT molecular complexity index is 773. The first-order valence-corrected chi connectivity index (χ1v) is 8.19. The Labute approximate surface area is 141 Å². The minimum absolute atomic E-state index is 0.269. The highest BCUT2D eigenvalue weighted by molar-refractivity contribution is 5.93. The summed E-state index contributed by atoms with van der Waals surface area (Å²) in [5, 5.41) is 2.81. The molecule has 122 valence electrons. The zero-order valence-corrected chi connectivity index (χ0v) is 13.3. The van der Waals surface area contributed by atoms with E-state index in [0.29, 0.717) is 6.54 Å². The van der Waals surface area contributed by atoms with Crippen LogP contribution in [0.4, 0.5) is 10.5 Å². The maximum atomic E-state index is 12.1. The zero-order chi connectivity index (χ0) is 16.4. The minimum atomic E-state index is -0.396. The van der Waals surface area contributed by atoms with Crippen molar-refractivity contribution in [3.63, 3.8) is 0 Å². The molecule has 0 spiro atoms. The highest BCUT2D eigenvalue weighted by Crippen LogP contribution is 2.31. The number of rotatable bonds is 3. The molecular weight excluding hydrogens is 302 g/mol. The van der Waals surface area contributed by atoms with Crippen molar-refractivity contribution in [2.75, 3.05) is 6.54 Å². The number of amides is 1. The second kappa shape index (κ2) is 6.35. The molecule has 0 saturated carbocycles. The van der Waals surface area contributed by atoms with Crippen molar-refractivity contribution in [1.29, 1.82) is 0 Å². The van der Waals surface area contributed by atoms with E-state index >= 15 is 0 Å². The molecule has 2 aromatic rings. The van der Waals surface area contributed by atoms with E-state index < -0.39 is 6.09 Å². The average Bonchev–Trinajstić information content (AvgIpc) is 3.01. The van der Waals surface area contributed by atoms with Gasteiger partial charge in [-0.05, 0) is 17.2 Å². The smallest absolute Gasteiger partial charge is 0.408 e. The molecule has 0 aliphatic carbocycles. The third-order valence-corrected chi connectivity index (χ3v) is 4.39. The summed E-state index contributed by atoms with van der Waals surface area (Å²) in [6, 6.07) is 17.9. The monoisotopic (exact) mass is 321 g/mol. The van der Waals surface area contributed by atoms with E-state index in [4.69, 9.17) is 9.73 Å². The fourth-order valence-corrected chi connectivity index (χ4v) is 3.16. The second-order valence-corrected chi connectivity index (χ2v) is 6.04. The number of nitrogens with one attached hydrogen (secondary N) is 1. The van der Waals surface area contributed by atoms with E-state index in [1.165, 1.54) is 5.56 Å². The van der Waals surface area contributed by atoms with E-state index in [1.807, 2.05) is 48.5 Å². The number of benzene rings is 2. The van der Waals surface area contributed by atoms with E-state index in [1.54, 1.807) is 0 Å². The molecule has 2 heterocycles. The lowest BCUT2D eigenvalue weighted by atomic mass is 10.1. The van der Waals surface area contributed by atoms with Crippen LogP contribution in [0.5, 0.6) is 0 Å². The van der Waals surface area contributed by atoms with Crippen LogP contribution in [0.15, 0.2) is 59.6 Å². The van der Waals surface area contributed by atoms with Crippen molar-refractivity contribution < 1.29 is 9.53 Å². The highest BCUT2D eigenvalue weighted by Gasteiger charge is 2.35. The van der Waals surface area contributed by atoms with Crippen LogP contribution in [0, 0.1) is 0 Å². The van der Waals surface area contributed by atoms with Crippen LogP contribution in [-0.2, 0) is 17.8 Å². The molecule has 5 nitrogen and oxygen atoms in total. The number of alkyl carbamates (subject to hydrolysis) is 1. The predicted molar refractivity (Wildman–Crippen MR) is 92.1 cm³/mol. The quantitative estimate of drug-likeness (QED) is 0.944. The molecule has 0 bridgehead atoms. The summed E-state index contributed by atoms with van der Waals surface area (Å²) in [4.78, 5) is 19.0. The SMILES string of the molecule is O=C(NCc1ccccc1)OC1CCN2Cc3ccccc3N=C12. The number of amidine groups is 1. The molecule has 4 rings (SSSR count). The van der Waals surface area contributed by atoms with Crippen LogP contribution in [0.1, 0.15) is 17.5 Å². The van der Waals surface area contributed by atoms with E-state index in [9.17, 15) is 4.79 Å². The number of fused-ring (bicyclic) bond motifs is 2. The fourth-order valence-electron chi connectivity index (χ4n) is 3.16. The average molecular weight is 321 g/mol. The summed E-state index contributed by atoms with van der Waals surface area (Å²) >= 11 is 0. The Hall–Kier alpha value is -2.82. The number of hydrogen-bond acceptors (Lipinski definition) is 4. The molecular formula is C19H19N3O2. The first-order valence-electron chi connectivity index (χ1n) is 8.19. The van der Waals surface area contributed by atoms with Gasteiger partial charge in [-0.3, -0.25) is 0 Å². The van der Waals surface area contributed by atoms with Gasteiger partial charge < -0.3 is 15.0 Å². The highest BCUT2D eigenvalue weighted by atomic mass is 16.6. The largest absolute Gasteiger partial charge is 0.438 e. The van der Waals surface area contributed by atoms with Gasteiger partial charge in [0.2, 0.25) is 0 Å². The van der Waals surface area contributed by atoms with Crippen molar-refractivity contribution in [2.24, 2.45) is 4.99 Å². The maximum absolute atomic E-state index is 12.1. The molecule has 2 aliphatic rings. The van der Waals surface area contributed by atoms with Crippen LogP contribution in [0.3, 0.4) is 0 Å². The molecule has 2 aromatic carbocycles. The molecule has 2 aliphatic heterocycles. The fraction of sp³-hybridized carbons (Fsp3) is 0.263. The third kappa shape index (κ3) is 2.97. The number of carbonyl (C=O) groups excluding carboxylic acids is 1. The first-order chi connectivity index (χ1) is 11.8. The van der Waals surface area contributed by atoms with Crippen molar-refractivity contribution in [1.82, 2.24) is 10.2 Å². The molecule has 1 N–H and O–H groups in total. The number of hydrogen-bond donors (Lipinski definition) is 1. The second-order valence-electron chi connectivity index (χ2n) is 6.04. The number of para-hydroxylation sites is 1. The molecule has 1 fully saturated rings. The molecule has 24 heavy (non-hydrogen) atoms. The summed E-state index contributed by atoms with van der Waals surface area (Å²) in [7, 11) is 0. The van der Waals surface area contributed by atoms with Gasteiger partial charge in [-0.1, -0.05) is 48.5 Å². The van der Waals surface area contributed by atoms with Crippen LogP contribution < -0.4 is 5.32 Å². The lowest BCUT2D eigenvalue weighted by Crippen LogP contribution is -2.36. The third-order valence-electron chi connectivity index (χ3n) is 4.39. The van der Waals surface area contributed by atoms with Gasteiger partial charge in [-0.2, -0.15) is 0 Å². The Morgan fingerprint density at radius 3 is 2.83 bits per heavy atom. The van der Waals surface area contributed by atoms with Crippen molar-refractivity contribution in [2.45, 2.75) is 25.6 Å². The first kappa shape index (κ1) is 14.8. The Morgan fingerprint density at radius 2 is 1.96 bits per heavy atom. The van der Waals surface area contributed by atoms with Crippen LogP contribution >= 0.6 is 0 Å². The van der Waals surface area contributed by atoms with Gasteiger partial charge in [0.25, 0.3) is 0 Å². The minimum Gasteiger partial charge on any atom is -0.438 e. The van der Waals surface area contributed by atoms with Crippen molar-refractivity contribution >= 4 is 17.6 Å².